The van der Waals surface area contributed by atoms with E-state index in [2.05, 4.69) is 29.2 Å². The predicted molar refractivity (Wildman–Crippen MR) is 81.1 cm³/mol. The second-order valence-electron chi connectivity index (χ2n) is 5.64. The summed E-state index contributed by atoms with van der Waals surface area (Å²) in [5.41, 5.74) is 0.726. The van der Waals surface area contributed by atoms with Crippen molar-refractivity contribution in [3.8, 4) is 0 Å². The van der Waals surface area contributed by atoms with Crippen LogP contribution in [0.3, 0.4) is 0 Å². The van der Waals surface area contributed by atoms with Crippen LogP contribution >= 0.6 is 0 Å². The van der Waals surface area contributed by atoms with E-state index in [0.717, 1.165) is 12.8 Å². The van der Waals surface area contributed by atoms with Gasteiger partial charge < -0.3 is 19.8 Å². The van der Waals surface area contributed by atoms with Gasteiger partial charge in [-0.2, -0.15) is 0 Å². The Morgan fingerprint density at radius 2 is 2.00 bits per heavy atom. The van der Waals surface area contributed by atoms with E-state index >= 15 is 0 Å². The Balaban J connectivity index is 2.93. The van der Waals surface area contributed by atoms with Crippen LogP contribution < -0.4 is 5.32 Å². The maximum atomic E-state index is 12.4. The van der Waals surface area contributed by atoms with E-state index < -0.39 is 0 Å². The van der Waals surface area contributed by atoms with Gasteiger partial charge in [-0.3, -0.25) is 4.79 Å². The van der Waals surface area contributed by atoms with Gasteiger partial charge in [-0.1, -0.05) is 19.0 Å². The quantitative estimate of drug-likeness (QED) is 0.801. The Morgan fingerprint density at radius 1 is 1.43 bits per heavy atom. The van der Waals surface area contributed by atoms with E-state index in [1.54, 1.807) is 6.92 Å². The first-order valence-corrected chi connectivity index (χ1v) is 7.38. The summed E-state index contributed by atoms with van der Waals surface area (Å²) in [6, 6.07) is -0.0383. The van der Waals surface area contributed by atoms with Crippen LogP contribution in [0.5, 0.6) is 0 Å². The topological polar surface area (TPSA) is 78.6 Å². The van der Waals surface area contributed by atoms with Crippen LogP contribution in [0, 0.1) is 6.92 Å². The van der Waals surface area contributed by atoms with Crippen molar-refractivity contribution in [3.05, 3.63) is 17.0 Å². The van der Waals surface area contributed by atoms with E-state index in [1.165, 1.54) is 0 Å². The molecule has 21 heavy (non-hydrogen) atoms. The zero-order valence-electron chi connectivity index (χ0n) is 13.9. The molecule has 0 aliphatic heterocycles. The van der Waals surface area contributed by atoms with E-state index in [0.29, 0.717) is 11.3 Å². The van der Waals surface area contributed by atoms with Crippen molar-refractivity contribution < 1.29 is 14.4 Å². The van der Waals surface area contributed by atoms with Crippen molar-refractivity contribution in [2.45, 2.75) is 58.7 Å². The van der Waals surface area contributed by atoms with Crippen LogP contribution in [0.4, 0.5) is 0 Å². The molecule has 0 radical (unpaired) electrons. The Kier molecular flexibility index (Phi) is 5.92. The lowest BCUT2D eigenvalue weighted by Gasteiger charge is -2.43. The number of carbonyl (C=O) groups is 1. The number of nitrogens with zero attached hydrogens (tertiary/aromatic N) is 2. The molecule has 0 fully saturated rings. The molecule has 6 heteroatoms. The standard InChI is InChI=1S/C15H27N3O3/c1-7-15(8-2,18(5)6)11(4)16-14(20)13-10(3)12(9-19)21-17-13/h11,19H,7-9H2,1-6H3,(H,16,20). The van der Waals surface area contributed by atoms with Gasteiger partial charge in [-0.15, -0.1) is 0 Å². The number of carbonyl (C=O) groups excluding carboxylic acids is 1. The fraction of sp³-hybridized carbons (Fsp3) is 0.733. The van der Waals surface area contributed by atoms with Crippen LogP contribution in [-0.4, -0.2) is 46.7 Å². The highest BCUT2D eigenvalue weighted by Gasteiger charge is 2.36. The second kappa shape index (κ2) is 7.04. The molecular weight excluding hydrogens is 270 g/mol. The lowest BCUT2D eigenvalue weighted by Crippen LogP contribution is -2.58. The number of rotatable bonds is 7. The number of amides is 1. The fourth-order valence-electron chi connectivity index (χ4n) is 3.01. The maximum absolute atomic E-state index is 12.4. The first-order valence-electron chi connectivity index (χ1n) is 7.38. The Bertz CT molecular complexity index is 479. The van der Waals surface area contributed by atoms with Crippen LogP contribution in [-0.2, 0) is 6.61 Å². The molecule has 0 spiro atoms. The number of hydrogen-bond acceptors (Lipinski definition) is 5. The lowest BCUT2D eigenvalue weighted by molar-refractivity contribution is 0.0739. The molecular formula is C15H27N3O3. The molecule has 120 valence electrons. The predicted octanol–water partition coefficient (Wildman–Crippen LogP) is 1.71. The van der Waals surface area contributed by atoms with Gasteiger partial charge in [-0.05, 0) is 40.8 Å². The van der Waals surface area contributed by atoms with Crippen LogP contribution in [0.15, 0.2) is 4.52 Å². The number of aliphatic hydroxyl groups excluding tert-OH is 1. The Labute approximate surface area is 126 Å². The van der Waals surface area contributed by atoms with Gasteiger partial charge in [0.05, 0.1) is 0 Å². The molecule has 0 aliphatic rings. The fourth-order valence-corrected chi connectivity index (χ4v) is 3.01. The average Bonchev–Trinajstić information content (AvgIpc) is 2.81. The van der Waals surface area contributed by atoms with Gasteiger partial charge in [0.15, 0.2) is 11.5 Å². The smallest absolute Gasteiger partial charge is 0.274 e. The minimum absolute atomic E-state index is 0.0383. The molecule has 2 N–H and O–H groups in total. The molecule has 1 aromatic rings. The zero-order valence-corrected chi connectivity index (χ0v) is 13.9. The monoisotopic (exact) mass is 297 g/mol. The summed E-state index contributed by atoms with van der Waals surface area (Å²) >= 11 is 0. The Morgan fingerprint density at radius 3 is 2.38 bits per heavy atom. The third kappa shape index (κ3) is 3.27. The molecule has 1 aromatic heterocycles. The van der Waals surface area contributed by atoms with Crippen molar-refractivity contribution in [1.82, 2.24) is 15.4 Å². The van der Waals surface area contributed by atoms with Gasteiger partial charge in [0, 0.05) is 17.1 Å². The minimum atomic E-state index is -0.267. The van der Waals surface area contributed by atoms with Gasteiger partial charge in [0.25, 0.3) is 5.91 Å². The highest BCUT2D eigenvalue weighted by Crippen LogP contribution is 2.26. The van der Waals surface area contributed by atoms with E-state index in [1.807, 2.05) is 21.0 Å². The summed E-state index contributed by atoms with van der Waals surface area (Å²) in [6.45, 7) is 7.72. The molecule has 0 aliphatic carbocycles. The first kappa shape index (κ1) is 17.7. The summed E-state index contributed by atoms with van der Waals surface area (Å²) in [6.07, 6.45) is 1.86. The van der Waals surface area contributed by atoms with Crippen LogP contribution in [0.2, 0.25) is 0 Å². The van der Waals surface area contributed by atoms with Crippen LogP contribution in [0.1, 0.15) is 55.4 Å². The molecule has 1 rings (SSSR count). The van der Waals surface area contributed by atoms with E-state index in [-0.39, 0.29) is 29.8 Å². The lowest BCUT2D eigenvalue weighted by atomic mass is 9.84. The molecule has 0 aromatic carbocycles. The first-order chi connectivity index (χ1) is 9.83. The van der Waals surface area contributed by atoms with Crippen molar-refractivity contribution in [2.75, 3.05) is 14.1 Å². The number of aromatic nitrogens is 1. The van der Waals surface area contributed by atoms with Crippen molar-refractivity contribution in [1.29, 1.82) is 0 Å². The van der Waals surface area contributed by atoms with Gasteiger partial charge >= 0.3 is 0 Å². The largest absolute Gasteiger partial charge is 0.388 e. The zero-order chi connectivity index (χ0) is 16.2. The maximum Gasteiger partial charge on any atom is 0.274 e. The third-order valence-electron chi connectivity index (χ3n) is 4.65. The van der Waals surface area contributed by atoms with Gasteiger partial charge in [0.2, 0.25) is 0 Å². The summed E-state index contributed by atoms with van der Waals surface area (Å²) in [5.74, 6) is 0.0641. The molecule has 0 bridgehead atoms. The summed E-state index contributed by atoms with van der Waals surface area (Å²) in [5, 5.41) is 15.9. The summed E-state index contributed by atoms with van der Waals surface area (Å²) in [7, 11) is 4.06. The highest BCUT2D eigenvalue weighted by molar-refractivity contribution is 5.93. The van der Waals surface area contributed by atoms with E-state index in [9.17, 15) is 4.79 Å². The number of nitrogens with one attached hydrogen (secondary N) is 1. The SMILES string of the molecule is CCC(CC)(C(C)NC(=O)c1noc(CO)c1C)N(C)C. The molecule has 1 atom stereocenters. The highest BCUT2D eigenvalue weighted by atomic mass is 16.5. The molecule has 0 saturated carbocycles. The van der Waals surface area contributed by atoms with Crippen molar-refractivity contribution in [2.24, 2.45) is 0 Å². The van der Waals surface area contributed by atoms with Gasteiger partial charge in [-0.25, -0.2) is 0 Å². The number of hydrogen-bond donors (Lipinski definition) is 2. The normalized spacial score (nSPS) is 13.5. The summed E-state index contributed by atoms with van der Waals surface area (Å²) in [4.78, 5) is 14.5. The van der Waals surface area contributed by atoms with Crippen LogP contribution in [0.25, 0.3) is 0 Å². The minimum Gasteiger partial charge on any atom is -0.388 e. The molecule has 1 unspecified atom stereocenters. The van der Waals surface area contributed by atoms with E-state index in [4.69, 9.17) is 9.63 Å². The average molecular weight is 297 g/mol. The number of aliphatic hydroxyl groups is 1. The Hall–Kier alpha value is -1.40. The summed E-state index contributed by atoms with van der Waals surface area (Å²) < 4.78 is 4.96. The molecule has 6 nitrogen and oxygen atoms in total. The van der Waals surface area contributed by atoms with Crippen molar-refractivity contribution >= 4 is 5.91 Å². The third-order valence-corrected chi connectivity index (χ3v) is 4.65. The molecule has 0 saturated heterocycles. The van der Waals surface area contributed by atoms with Gasteiger partial charge in [0.1, 0.15) is 6.61 Å². The molecule has 1 amide bonds. The number of likely N-dealkylation sites (N-methyl/N-ethyl adjacent to an activating group) is 1. The van der Waals surface area contributed by atoms with Crippen molar-refractivity contribution in [3.63, 3.8) is 0 Å². The second-order valence-corrected chi connectivity index (χ2v) is 5.64. The molecule has 1 heterocycles.